The van der Waals surface area contributed by atoms with E-state index in [1.165, 1.54) is 130 Å². The Morgan fingerprint density at radius 3 is 1.16 bits per heavy atom. The molecule has 8 aromatic rings. The van der Waals surface area contributed by atoms with Crippen molar-refractivity contribution in [2.75, 3.05) is 80.0 Å². The minimum atomic E-state index is -1.15. The summed E-state index contributed by atoms with van der Waals surface area (Å²) in [5.41, 5.74) is 8.04. The number of hydrogen-bond acceptors (Lipinski definition) is 23. The summed E-state index contributed by atoms with van der Waals surface area (Å²) in [7, 11) is 13.2. The first kappa shape index (κ1) is 115. The van der Waals surface area contributed by atoms with Gasteiger partial charge in [-0.05, 0) is 217 Å². The summed E-state index contributed by atoms with van der Waals surface area (Å²) in [5, 5.41) is 21.1. The summed E-state index contributed by atoms with van der Waals surface area (Å²) in [6.07, 6.45) is 13.0. The van der Waals surface area contributed by atoms with E-state index < -0.39 is 106 Å². The normalized spacial score (nSPS) is 12.6. The number of rotatable bonds is 29. The smallest absolute Gasteiger partial charge is 0.420 e. The van der Waals surface area contributed by atoms with Gasteiger partial charge in [0.15, 0.2) is 0 Å². The van der Waals surface area contributed by atoms with Crippen molar-refractivity contribution in [2.45, 2.75) is 224 Å². The zero-order valence-electron chi connectivity index (χ0n) is 82.9. The number of hydrogen-bond donors (Lipinski definition) is 7. The van der Waals surface area contributed by atoms with Gasteiger partial charge < -0.3 is 89.5 Å². The van der Waals surface area contributed by atoms with Crippen LogP contribution < -0.4 is 49.0 Å². The molecule has 8 N–H and O–H groups in total. The number of carboxylic acids is 1. The van der Waals surface area contributed by atoms with Crippen LogP contribution >= 0.6 is 0 Å². The second kappa shape index (κ2) is 50.5. The monoisotopic (exact) mass is 1940 g/mol. The Kier molecular flexibility index (Phi) is 41.8. The van der Waals surface area contributed by atoms with E-state index in [1.807, 2.05) is 41.5 Å². The summed E-state index contributed by atoms with van der Waals surface area (Å²) >= 11 is 0. The van der Waals surface area contributed by atoms with Crippen LogP contribution in [0.5, 0.6) is 0 Å². The fourth-order valence-corrected chi connectivity index (χ4v) is 13.7. The van der Waals surface area contributed by atoms with Gasteiger partial charge in [-0.2, -0.15) is 0 Å². The van der Waals surface area contributed by atoms with Gasteiger partial charge in [-0.25, -0.2) is 61.0 Å². The minimum Gasteiger partial charge on any atom is -0.480 e. The highest BCUT2D eigenvalue weighted by Crippen LogP contribution is 2.37. The molecule has 40 heteroatoms. The number of aliphatic carboxylic acids is 1. The van der Waals surface area contributed by atoms with Gasteiger partial charge in [0, 0.05) is 85.1 Å². The van der Waals surface area contributed by atoms with Crippen molar-refractivity contribution in [2.24, 2.45) is 21.2 Å². The number of amides is 8. The van der Waals surface area contributed by atoms with Crippen molar-refractivity contribution >= 4 is 116 Å². The molecule has 3 atom stereocenters. The number of carbonyl (C=O) groups excluding carboxylic acids is 10. The number of methoxy groups -OCH3 is 3. The average Bonchev–Trinajstić information content (AvgIpc) is 1.61. The Morgan fingerprint density at radius 1 is 0.475 bits per heavy atom. The Labute approximate surface area is 806 Å². The standard InChI is InChI=1S/C34H45FN6O7.C30H38FN5O5.C23H29FN4O3.C11H18N2O5.CH4/c1-33(2,3)19-21-17-22(35)18-25-28(21)38-26(41(25)32(46)48-34(4,5)6)20-40-16-12-14-24(30(40)44)36-29(43)23(37-31(45)47-9)13-10-11-15-27(42)39(7)8;1-30(2,3)17-20-15-21(31)14-19-16-22(32-26(19)20)18-36-13-9-11-24(28(36)39)33-27(38)23(34-29(40)41-6)10-7-8-12-25(37)35(4)5;1-22(2,3)12-14-10-15(24)11-17-19(14)26-18(28(17)21(30)31-23(4,5)6)13-27-9-7-8-16(25)20(27)29;1-13(2)9(14)7-5-4-6-8(10(15)16)12-11(17)18-3;/h11-12,14-18,23H,10,13,19-20H2,1-9H3,(H,36,43)(H,37,45);8-9,11-15,23H,7,10,16-18H2,1-6H3,(H,33,38)(H,34,40);7-11H,12-13,25H2,1-6H3;5,7-8H,4,6H2,1-3H3,(H,12,17)(H,15,16);1H4/b15-11+;12-8+;;7-5+;/t2*23-;;8-;/m00.0./s1. The van der Waals surface area contributed by atoms with Crippen molar-refractivity contribution in [1.29, 1.82) is 0 Å². The molecule has 0 spiro atoms. The molecule has 9 rings (SSSR count). The van der Waals surface area contributed by atoms with Gasteiger partial charge >= 0.3 is 36.4 Å². The molecule has 1 aliphatic rings. The lowest BCUT2D eigenvalue weighted by molar-refractivity contribution is -0.139. The number of ether oxygens (including phenoxy) is 5. The quantitative estimate of drug-likeness (QED) is 0.0169. The van der Waals surface area contributed by atoms with E-state index in [0.29, 0.717) is 71.9 Å². The first-order chi connectivity index (χ1) is 64.2. The number of nitrogens with two attached hydrogens (primary N) is 1. The molecule has 0 saturated heterocycles. The second-order valence-electron chi connectivity index (χ2n) is 38.8. The van der Waals surface area contributed by atoms with Crippen LogP contribution in [0.15, 0.2) is 147 Å². The number of nitrogens with one attached hydrogen (secondary N) is 5. The highest BCUT2D eigenvalue weighted by atomic mass is 19.1. The number of aromatic nitrogens is 7. The third-order valence-electron chi connectivity index (χ3n) is 19.9. The lowest BCUT2D eigenvalue weighted by Gasteiger charge is -2.21. The SMILES string of the molecule is C.CC(C)(C)Cc1cc(F)cc2c1nc(Cn1cccc(N)c1=O)n2C(=O)OC(C)(C)C.COC(=O)N[C@@H](CC/C=C/C(=O)N(C)C)C(=O)Nc1cccn(CC2=Nc3c(cc(F)cc3CC(C)(C)C)C2)c1=O.COC(=O)N[C@@H](CC/C=C/C(=O)N(C)C)C(=O)Nc1cccn(Cc2nc3c(CC(C)(C)C)cc(F)cc3n2C(=O)OC(C)(C)C)c1=O.COC(=O)N[C@@H](CC/C=C/C(=O)N(C)C)C(=O)O. The van der Waals surface area contributed by atoms with Gasteiger partial charge in [0.25, 0.3) is 16.7 Å². The largest absolute Gasteiger partial charge is 0.480 e. The molecule has 756 valence electrons. The maximum absolute atomic E-state index is 14.9. The average molecular weight is 1940 g/mol. The molecule has 139 heavy (non-hydrogen) atoms. The van der Waals surface area contributed by atoms with E-state index in [-0.39, 0.29) is 127 Å². The lowest BCUT2D eigenvalue weighted by atomic mass is 9.86. The maximum atomic E-state index is 14.9. The van der Waals surface area contributed by atoms with E-state index in [9.17, 15) is 80.3 Å². The van der Waals surface area contributed by atoms with Crippen LogP contribution in [0.2, 0.25) is 0 Å². The zero-order chi connectivity index (χ0) is 104. The first-order valence-corrected chi connectivity index (χ1v) is 44.3. The van der Waals surface area contributed by atoms with Crippen LogP contribution in [-0.2, 0) is 97.8 Å². The van der Waals surface area contributed by atoms with Gasteiger partial charge in [-0.1, -0.05) is 88.0 Å². The van der Waals surface area contributed by atoms with Crippen molar-refractivity contribution in [3.63, 3.8) is 0 Å². The number of aliphatic imine (C=N–C) groups is 1. The van der Waals surface area contributed by atoms with Crippen LogP contribution in [0, 0.1) is 33.7 Å². The van der Waals surface area contributed by atoms with Crippen molar-refractivity contribution in [1.82, 2.24) is 63.5 Å². The molecule has 0 bridgehead atoms. The number of allylic oxidation sites excluding steroid dienone is 3. The summed E-state index contributed by atoms with van der Waals surface area (Å²) in [4.78, 5) is 191. The number of fused-ring (bicyclic) bond motifs is 3. The number of anilines is 3. The first-order valence-electron chi connectivity index (χ1n) is 44.3. The number of halogens is 3. The Bertz CT molecular complexity index is 6080. The van der Waals surface area contributed by atoms with Crippen molar-refractivity contribution < 1.29 is 94.7 Å². The van der Waals surface area contributed by atoms with Crippen molar-refractivity contribution in [3.8, 4) is 0 Å². The number of nitrogen functional groups attached to an aromatic ring is 1. The summed E-state index contributed by atoms with van der Waals surface area (Å²) in [5.74, 6) is -4.01. The predicted molar refractivity (Wildman–Crippen MR) is 525 cm³/mol. The fourth-order valence-electron chi connectivity index (χ4n) is 13.7. The number of benzene rings is 3. The highest BCUT2D eigenvalue weighted by molar-refractivity contribution is 5.99. The second-order valence-corrected chi connectivity index (χ2v) is 38.8. The fraction of sp³-hybridized carbons (Fsp3) is 0.465. The Morgan fingerprint density at radius 2 is 0.806 bits per heavy atom. The number of pyridine rings is 3. The highest BCUT2D eigenvalue weighted by Gasteiger charge is 2.33. The zero-order valence-corrected chi connectivity index (χ0v) is 82.9. The van der Waals surface area contributed by atoms with Gasteiger partial charge in [-0.15, -0.1) is 0 Å². The molecule has 6 heterocycles. The molecule has 0 fully saturated rings. The number of carbonyl (C=O) groups is 11. The van der Waals surface area contributed by atoms with Crippen LogP contribution in [0.25, 0.3) is 22.1 Å². The Hall–Kier alpha value is -14.5. The number of imidazole rings is 2. The van der Waals surface area contributed by atoms with E-state index in [0.717, 1.165) is 31.0 Å². The number of carboxylic acid groups (broad SMARTS) is 1. The van der Waals surface area contributed by atoms with Crippen LogP contribution in [0.4, 0.5) is 59.9 Å². The van der Waals surface area contributed by atoms with Gasteiger partial charge in [0.1, 0.15) is 69.8 Å². The summed E-state index contributed by atoms with van der Waals surface area (Å²) < 4.78 is 75.0. The molecule has 8 amide bonds. The van der Waals surface area contributed by atoms with E-state index in [4.69, 9.17) is 30.3 Å². The van der Waals surface area contributed by atoms with Gasteiger partial charge in [0.05, 0.1) is 74.4 Å². The molecular weight excluding hydrogens is 1800 g/mol. The predicted octanol–water partition coefficient (Wildman–Crippen LogP) is 14.0. The van der Waals surface area contributed by atoms with E-state index in [1.54, 1.807) is 127 Å². The van der Waals surface area contributed by atoms with Crippen LogP contribution in [0.1, 0.15) is 184 Å². The minimum absolute atomic E-state index is 0. The molecule has 0 aliphatic carbocycles. The molecule has 37 nitrogen and oxygen atoms in total. The molecule has 1 aliphatic heterocycles. The topological polar surface area (TPSA) is 464 Å². The molecular formula is C99H134F3N17O20. The van der Waals surface area contributed by atoms with Crippen molar-refractivity contribution in [3.05, 3.63) is 210 Å². The molecule has 0 radical (unpaired) electrons. The summed E-state index contributed by atoms with van der Waals surface area (Å²) in [6, 6.07) is 14.3. The van der Waals surface area contributed by atoms with Crippen LogP contribution in [-0.4, -0.2) is 217 Å². The van der Waals surface area contributed by atoms with Crippen LogP contribution in [0.3, 0.4) is 0 Å². The lowest BCUT2D eigenvalue weighted by Crippen LogP contribution is -2.44. The van der Waals surface area contributed by atoms with E-state index >= 15 is 0 Å². The third-order valence-corrected chi connectivity index (χ3v) is 19.9. The number of nitrogens with zero attached hydrogens (tertiary/aromatic N) is 11. The van der Waals surface area contributed by atoms with E-state index in [2.05, 4.69) is 66.5 Å². The number of likely N-dealkylation sites (N-methyl/N-ethyl adjacent to an activating group) is 3. The number of alkyl carbamates (subject to hydrolysis) is 3. The molecule has 0 saturated carbocycles. The molecule has 5 aromatic heterocycles. The summed E-state index contributed by atoms with van der Waals surface area (Å²) in [6.45, 7) is 28.7. The van der Waals surface area contributed by atoms with Gasteiger partial charge in [-0.3, -0.25) is 43.3 Å². The maximum Gasteiger partial charge on any atom is 0.420 e. The van der Waals surface area contributed by atoms with Gasteiger partial charge in [0.2, 0.25) is 29.5 Å². The third kappa shape index (κ3) is 36.5. The molecule has 3 aromatic carbocycles. The Balaban J connectivity index is 0.000000342. The molecule has 0 unspecified atom stereocenters.